The monoisotopic (exact) mass is 353 g/mol. The molecule has 0 saturated heterocycles. The average molecular weight is 354 g/mol. The highest BCUT2D eigenvalue weighted by Crippen LogP contribution is 2.38. The van der Waals surface area contributed by atoms with Crippen molar-refractivity contribution in [2.24, 2.45) is 0 Å². The van der Waals surface area contributed by atoms with Crippen LogP contribution >= 0.6 is 11.6 Å². The highest BCUT2D eigenvalue weighted by Gasteiger charge is 2.34. The number of likely N-dealkylation sites (N-methyl/N-ethyl adjacent to an activating group) is 1. The first kappa shape index (κ1) is 16.2. The number of hydrogen-bond acceptors (Lipinski definition) is 2. The van der Waals surface area contributed by atoms with E-state index in [1.54, 1.807) is 7.05 Å². The van der Waals surface area contributed by atoms with Crippen LogP contribution in [-0.4, -0.2) is 35.9 Å². The van der Waals surface area contributed by atoms with Gasteiger partial charge >= 0.3 is 0 Å². The van der Waals surface area contributed by atoms with Gasteiger partial charge in [-0.2, -0.15) is 0 Å². The molecule has 3 aromatic rings. The van der Waals surface area contributed by atoms with Crippen LogP contribution in [0.1, 0.15) is 22.9 Å². The van der Waals surface area contributed by atoms with E-state index >= 15 is 0 Å². The maximum atomic E-state index is 12.7. The molecular weight excluding hydrogens is 334 g/mol. The molecule has 5 heteroatoms. The Morgan fingerprint density at radius 1 is 1.24 bits per heavy atom. The van der Waals surface area contributed by atoms with Gasteiger partial charge in [-0.15, -0.1) is 0 Å². The third-order valence-corrected chi connectivity index (χ3v) is 5.12. The molecule has 1 aromatic heterocycles. The van der Waals surface area contributed by atoms with Gasteiger partial charge in [0.05, 0.1) is 12.6 Å². The second kappa shape index (κ2) is 6.54. The van der Waals surface area contributed by atoms with E-state index in [0.717, 1.165) is 23.2 Å². The molecule has 4 nitrogen and oxygen atoms in total. The van der Waals surface area contributed by atoms with Crippen molar-refractivity contribution in [3.05, 3.63) is 70.4 Å². The fourth-order valence-electron chi connectivity index (χ4n) is 3.75. The molecule has 2 aromatic carbocycles. The summed E-state index contributed by atoms with van der Waals surface area (Å²) >= 11 is 6.07. The van der Waals surface area contributed by atoms with Crippen LogP contribution in [0.5, 0.6) is 0 Å². The smallest absolute Gasteiger partial charge is 0.237 e. The number of nitrogens with one attached hydrogen (secondary N) is 2. The fraction of sp³-hybridized carbons (Fsp3) is 0.250. The highest BCUT2D eigenvalue weighted by molar-refractivity contribution is 6.30. The molecule has 2 heterocycles. The van der Waals surface area contributed by atoms with Crippen LogP contribution in [0, 0.1) is 0 Å². The maximum Gasteiger partial charge on any atom is 0.237 e. The first-order valence-corrected chi connectivity index (χ1v) is 8.86. The molecule has 1 atom stereocenters. The van der Waals surface area contributed by atoms with E-state index in [1.807, 2.05) is 35.2 Å². The van der Waals surface area contributed by atoms with Gasteiger partial charge in [-0.25, -0.2) is 0 Å². The van der Waals surface area contributed by atoms with E-state index in [9.17, 15) is 4.79 Å². The number of carbonyl (C=O) groups excluding carboxylic acids is 1. The Hall–Kier alpha value is -2.30. The Morgan fingerprint density at radius 3 is 2.76 bits per heavy atom. The van der Waals surface area contributed by atoms with Gasteiger partial charge in [-0.1, -0.05) is 41.9 Å². The van der Waals surface area contributed by atoms with E-state index in [1.165, 1.54) is 10.9 Å². The van der Waals surface area contributed by atoms with Crippen molar-refractivity contribution in [2.75, 3.05) is 20.1 Å². The minimum absolute atomic E-state index is 0.103. The van der Waals surface area contributed by atoms with Crippen molar-refractivity contribution in [1.82, 2.24) is 15.2 Å². The third kappa shape index (κ3) is 2.81. The third-order valence-electron chi connectivity index (χ3n) is 4.87. The Kier molecular flexibility index (Phi) is 4.24. The Labute approximate surface area is 151 Å². The summed E-state index contributed by atoms with van der Waals surface area (Å²) in [6, 6.07) is 16.0. The summed E-state index contributed by atoms with van der Waals surface area (Å²) in [5.74, 6) is 0.103. The molecule has 4 rings (SSSR count). The van der Waals surface area contributed by atoms with Crippen molar-refractivity contribution >= 4 is 28.4 Å². The molecule has 1 amide bonds. The number of aromatic amines is 1. The van der Waals surface area contributed by atoms with Crippen LogP contribution in [-0.2, 0) is 11.2 Å². The minimum Gasteiger partial charge on any atom is -0.356 e. The fourth-order valence-corrected chi connectivity index (χ4v) is 3.88. The SMILES string of the molecule is CNCC(=O)N1CCc2c([nH]c3ccccc23)C1c1ccc(Cl)cc1. The van der Waals surface area contributed by atoms with Crippen LogP contribution < -0.4 is 5.32 Å². The summed E-state index contributed by atoms with van der Waals surface area (Å²) in [5.41, 5.74) is 4.61. The molecule has 0 saturated carbocycles. The summed E-state index contributed by atoms with van der Waals surface area (Å²) in [6.45, 7) is 1.04. The van der Waals surface area contributed by atoms with Gasteiger partial charge in [-0.3, -0.25) is 4.79 Å². The molecule has 0 spiro atoms. The largest absolute Gasteiger partial charge is 0.356 e. The lowest BCUT2D eigenvalue weighted by atomic mass is 9.92. The van der Waals surface area contributed by atoms with E-state index in [-0.39, 0.29) is 11.9 Å². The van der Waals surface area contributed by atoms with Gasteiger partial charge in [0.25, 0.3) is 0 Å². The molecule has 1 aliphatic heterocycles. The Bertz CT molecular complexity index is 916. The van der Waals surface area contributed by atoms with Crippen LogP contribution in [0.2, 0.25) is 5.02 Å². The molecule has 25 heavy (non-hydrogen) atoms. The first-order valence-electron chi connectivity index (χ1n) is 8.48. The topological polar surface area (TPSA) is 48.1 Å². The lowest BCUT2D eigenvalue weighted by Gasteiger charge is -2.36. The Balaban J connectivity index is 1.87. The summed E-state index contributed by atoms with van der Waals surface area (Å²) in [7, 11) is 1.80. The van der Waals surface area contributed by atoms with Gasteiger partial charge < -0.3 is 15.2 Å². The van der Waals surface area contributed by atoms with E-state index in [2.05, 4.69) is 28.5 Å². The number of carbonyl (C=O) groups is 1. The van der Waals surface area contributed by atoms with Gasteiger partial charge in [0.15, 0.2) is 0 Å². The number of nitrogens with zero attached hydrogens (tertiary/aromatic N) is 1. The Morgan fingerprint density at radius 2 is 2.00 bits per heavy atom. The van der Waals surface area contributed by atoms with E-state index in [4.69, 9.17) is 11.6 Å². The molecule has 0 bridgehead atoms. The molecular formula is C20H20ClN3O. The number of aromatic nitrogens is 1. The minimum atomic E-state index is -0.116. The average Bonchev–Trinajstić information content (AvgIpc) is 3.00. The van der Waals surface area contributed by atoms with E-state index in [0.29, 0.717) is 18.1 Å². The lowest BCUT2D eigenvalue weighted by molar-refractivity contribution is -0.132. The lowest BCUT2D eigenvalue weighted by Crippen LogP contribution is -2.44. The van der Waals surface area contributed by atoms with E-state index < -0.39 is 0 Å². The van der Waals surface area contributed by atoms with Gasteiger partial charge in [0.2, 0.25) is 5.91 Å². The quantitative estimate of drug-likeness (QED) is 0.757. The predicted octanol–water partition coefficient (Wildman–Crippen LogP) is 3.51. The number of benzene rings is 2. The van der Waals surface area contributed by atoms with Crippen molar-refractivity contribution in [1.29, 1.82) is 0 Å². The summed E-state index contributed by atoms with van der Waals surface area (Å²) in [4.78, 5) is 18.2. The van der Waals surface area contributed by atoms with Gasteiger partial charge in [0, 0.05) is 28.2 Å². The molecule has 2 N–H and O–H groups in total. The maximum absolute atomic E-state index is 12.7. The predicted molar refractivity (Wildman–Crippen MR) is 101 cm³/mol. The molecule has 0 aliphatic carbocycles. The molecule has 0 radical (unpaired) electrons. The van der Waals surface area contributed by atoms with Gasteiger partial charge in [0.1, 0.15) is 0 Å². The normalized spacial score (nSPS) is 16.9. The zero-order chi connectivity index (χ0) is 17.4. The number of rotatable bonds is 3. The summed E-state index contributed by atoms with van der Waals surface area (Å²) in [5, 5.41) is 4.92. The summed E-state index contributed by atoms with van der Waals surface area (Å²) < 4.78 is 0. The van der Waals surface area contributed by atoms with Crippen LogP contribution in [0.15, 0.2) is 48.5 Å². The molecule has 1 unspecified atom stereocenters. The van der Waals surface area contributed by atoms with Crippen molar-refractivity contribution in [2.45, 2.75) is 12.5 Å². The second-order valence-electron chi connectivity index (χ2n) is 6.38. The summed E-state index contributed by atoms with van der Waals surface area (Å²) in [6.07, 6.45) is 0.860. The van der Waals surface area contributed by atoms with Crippen molar-refractivity contribution < 1.29 is 4.79 Å². The zero-order valence-electron chi connectivity index (χ0n) is 14.1. The number of fused-ring (bicyclic) bond motifs is 3. The van der Waals surface area contributed by atoms with Crippen LogP contribution in [0.3, 0.4) is 0 Å². The highest BCUT2D eigenvalue weighted by atomic mass is 35.5. The van der Waals surface area contributed by atoms with Crippen LogP contribution in [0.4, 0.5) is 0 Å². The standard InChI is InChI=1S/C20H20ClN3O/c1-22-12-18(25)24-11-10-16-15-4-2-3-5-17(15)23-19(16)20(24)13-6-8-14(21)9-7-13/h2-9,20,22-23H,10-12H2,1H3. The number of hydrogen-bond donors (Lipinski definition) is 2. The first-order chi connectivity index (χ1) is 12.2. The number of halogens is 1. The molecule has 0 fully saturated rings. The number of H-pyrrole nitrogens is 1. The van der Waals surface area contributed by atoms with Crippen LogP contribution in [0.25, 0.3) is 10.9 Å². The molecule has 1 aliphatic rings. The number of para-hydroxylation sites is 1. The molecule has 128 valence electrons. The number of amides is 1. The second-order valence-corrected chi connectivity index (χ2v) is 6.82. The van der Waals surface area contributed by atoms with Gasteiger partial charge in [-0.05, 0) is 42.8 Å². The van der Waals surface area contributed by atoms with Crippen molar-refractivity contribution in [3.63, 3.8) is 0 Å². The zero-order valence-corrected chi connectivity index (χ0v) is 14.8. The van der Waals surface area contributed by atoms with Crippen molar-refractivity contribution in [3.8, 4) is 0 Å².